The number of halogens is 2. The quantitative estimate of drug-likeness (QED) is 0.242. The lowest BCUT2D eigenvalue weighted by molar-refractivity contribution is -0.129. The normalized spacial score (nSPS) is 11.2. The SMILES string of the molecule is COc1c(Br)cc(C/C(=N\OCc2ccccc2)C(=O)O)c(OCc2ccccc2)c1Br. The van der Waals surface area contributed by atoms with E-state index in [2.05, 4.69) is 37.0 Å². The minimum atomic E-state index is -1.17. The lowest BCUT2D eigenvalue weighted by Crippen LogP contribution is -2.17. The molecule has 3 aromatic rings. The van der Waals surface area contributed by atoms with Crippen molar-refractivity contribution >= 4 is 43.5 Å². The summed E-state index contributed by atoms with van der Waals surface area (Å²) in [5, 5.41) is 13.5. The average molecular weight is 563 g/mol. The summed E-state index contributed by atoms with van der Waals surface area (Å²) in [5.41, 5.74) is 2.34. The fourth-order valence-corrected chi connectivity index (χ4v) is 4.57. The minimum absolute atomic E-state index is 0.00452. The molecule has 166 valence electrons. The molecule has 0 saturated heterocycles. The molecule has 0 saturated carbocycles. The number of carbonyl (C=O) groups is 1. The van der Waals surface area contributed by atoms with Crippen LogP contribution in [-0.4, -0.2) is 23.9 Å². The zero-order valence-corrected chi connectivity index (χ0v) is 20.4. The van der Waals surface area contributed by atoms with Crippen LogP contribution < -0.4 is 9.47 Å². The van der Waals surface area contributed by atoms with Gasteiger partial charge >= 0.3 is 5.97 Å². The van der Waals surface area contributed by atoms with Crippen molar-refractivity contribution in [1.82, 2.24) is 0 Å². The van der Waals surface area contributed by atoms with Gasteiger partial charge in [-0.25, -0.2) is 4.79 Å². The number of nitrogens with zero attached hydrogens (tertiary/aromatic N) is 1. The molecule has 0 spiro atoms. The summed E-state index contributed by atoms with van der Waals surface area (Å²) >= 11 is 7.00. The topological polar surface area (TPSA) is 77.4 Å². The zero-order valence-electron chi connectivity index (χ0n) is 17.3. The van der Waals surface area contributed by atoms with Crippen LogP contribution in [0.1, 0.15) is 16.7 Å². The fourth-order valence-electron chi connectivity index (χ4n) is 2.92. The number of methoxy groups -OCH3 is 1. The van der Waals surface area contributed by atoms with Gasteiger partial charge in [-0.2, -0.15) is 0 Å². The highest BCUT2D eigenvalue weighted by atomic mass is 79.9. The van der Waals surface area contributed by atoms with E-state index in [9.17, 15) is 9.90 Å². The Bertz CT molecular complexity index is 1090. The third kappa shape index (κ3) is 6.34. The van der Waals surface area contributed by atoms with E-state index in [0.717, 1.165) is 11.1 Å². The maximum absolute atomic E-state index is 11.8. The van der Waals surface area contributed by atoms with Crippen LogP contribution in [0, 0.1) is 0 Å². The third-order valence-electron chi connectivity index (χ3n) is 4.49. The molecule has 0 unspecified atom stereocenters. The van der Waals surface area contributed by atoms with Gasteiger partial charge in [0.2, 0.25) is 0 Å². The Morgan fingerprint density at radius 3 is 2.09 bits per heavy atom. The van der Waals surface area contributed by atoms with Crippen LogP contribution >= 0.6 is 31.9 Å². The van der Waals surface area contributed by atoms with E-state index >= 15 is 0 Å². The number of aliphatic carboxylic acids is 1. The molecule has 0 heterocycles. The average Bonchev–Trinajstić information content (AvgIpc) is 2.79. The van der Waals surface area contributed by atoms with E-state index in [1.165, 1.54) is 0 Å². The van der Waals surface area contributed by atoms with Gasteiger partial charge in [-0.05, 0) is 49.1 Å². The van der Waals surface area contributed by atoms with Crippen molar-refractivity contribution in [2.24, 2.45) is 5.16 Å². The van der Waals surface area contributed by atoms with E-state index in [0.29, 0.717) is 32.6 Å². The number of benzene rings is 3. The van der Waals surface area contributed by atoms with Crippen molar-refractivity contribution in [3.05, 3.63) is 92.4 Å². The Morgan fingerprint density at radius 2 is 1.53 bits per heavy atom. The summed E-state index contributed by atoms with van der Waals surface area (Å²) in [4.78, 5) is 17.1. The second-order valence-corrected chi connectivity index (χ2v) is 8.39. The molecule has 0 bridgehead atoms. The van der Waals surface area contributed by atoms with Gasteiger partial charge in [-0.15, -0.1) is 0 Å². The molecule has 0 atom stereocenters. The second-order valence-electron chi connectivity index (χ2n) is 6.75. The first-order valence-electron chi connectivity index (χ1n) is 9.67. The largest absolute Gasteiger partial charge is 0.494 e. The molecule has 32 heavy (non-hydrogen) atoms. The molecule has 1 N–H and O–H groups in total. The molecule has 6 nitrogen and oxygen atoms in total. The van der Waals surface area contributed by atoms with Gasteiger partial charge in [-0.1, -0.05) is 65.8 Å². The van der Waals surface area contributed by atoms with Crippen LogP contribution in [0.5, 0.6) is 11.5 Å². The van der Waals surface area contributed by atoms with Gasteiger partial charge in [0.1, 0.15) is 23.4 Å². The van der Waals surface area contributed by atoms with E-state index in [-0.39, 0.29) is 18.7 Å². The van der Waals surface area contributed by atoms with Crippen molar-refractivity contribution in [2.45, 2.75) is 19.6 Å². The molecule has 3 aromatic carbocycles. The molecule has 8 heteroatoms. The number of hydrogen-bond donors (Lipinski definition) is 1. The maximum Gasteiger partial charge on any atom is 0.354 e. The Hall–Kier alpha value is -2.84. The highest BCUT2D eigenvalue weighted by Gasteiger charge is 2.21. The standard InChI is InChI=1S/C24H21Br2NO5/c1-30-23-19(25)12-18(22(21(23)26)31-14-16-8-4-2-5-9-16)13-20(24(28)29)27-32-15-17-10-6-3-7-11-17/h2-12H,13-15H2,1H3,(H,28,29)/b27-20+. The van der Waals surface area contributed by atoms with Gasteiger partial charge in [0.15, 0.2) is 11.5 Å². The van der Waals surface area contributed by atoms with Crippen LogP contribution in [0.3, 0.4) is 0 Å². The van der Waals surface area contributed by atoms with Gasteiger partial charge in [0, 0.05) is 12.0 Å². The van der Waals surface area contributed by atoms with Crippen LogP contribution in [-0.2, 0) is 29.3 Å². The molecule has 0 aliphatic heterocycles. The Balaban J connectivity index is 1.86. The smallest absolute Gasteiger partial charge is 0.354 e. The van der Waals surface area contributed by atoms with Crippen LogP contribution in [0.4, 0.5) is 0 Å². The molecule has 0 amide bonds. The third-order valence-corrected chi connectivity index (χ3v) is 5.80. The van der Waals surface area contributed by atoms with Gasteiger partial charge in [0.05, 0.1) is 11.6 Å². The highest BCUT2D eigenvalue weighted by molar-refractivity contribution is 9.11. The molecule has 3 rings (SSSR count). The number of oxime groups is 1. The number of ether oxygens (including phenoxy) is 2. The highest BCUT2D eigenvalue weighted by Crippen LogP contribution is 2.43. The van der Waals surface area contributed by atoms with Crippen molar-refractivity contribution in [3.8, 4) is 11.5 Å². The monoisotopic (exact) mass is 561 g/mol. The minimum Gasteiger partial charge on any atom is -0.494 e. The van der Waals surface area contributed by atoms with Crippen molar-refractivity contribution in [1.29, 1.82) is 0 Å². The molecule has 0 radical (unpaired) electrons. The Labute approximate surface area is 203 Å². The number of carboxylic acids is 1. The molecule has 0 aliphatic carbocycles. The van der Waals surface area contributed by atoms with Crippen LogP contribution in [0.25, 0.3) is 0 Å². The summed E-state index contributed by atoms with van der Waals surface area (Å²) < 4.78 is 12.7. The Kier molecular flexibility index (Phi) is 8.70. The lowest BCUT2D eigenvalue weighted by Gasteiger charge is -2.17. The lowest BCUT2D eigenvalue weighted by atomic mass is 10.1. The van der Waals surface area contributed by atoms with Crippen molar-refractivity contribution in [3.63, 3.8) is 0 Å². The molecule has 0 fully saturated rings. The second kappa shape index (κ2) is 11.7. The molecular weight excluding hydrogens is 542 g/mol. The predicted octanol–water partition coefficient (Wildman–Crippen LogP) is 6.00. The van der Waals surface area contributed by atoms with E-state index < -0.39 is 5.97 Å². The summed E-state index contributed by atoms with van der Waals surface area (Å²) in [6.07, 6.45) is -0.00452. The summed E-state index contributed by atoms with van der Waals surface area (Å²) in [7, 11) is 1.55. The summed E-state index contributed by atoms with van der Waals surface area (Å²) in [6.45, 7) is 0.478. The van der Waals surface area contributed by atoms with Gasteiger partial charge in [-0.3, -0.25) is 0 Å². The van der Waals surface area contributed by atoms with Gasteiger partial charge < -0.3 is 19.4 Å². The number of carboxylic acid groups (broad SMARTS) is 1. The van der Waals surface area contributed by atoms with E-state index in [1.54, 1.807) is 13.2 Å². The Morgan fingerprint density at radius 1 is 0.938 bits per heavy atom. The van der Waals surface area contributed by atoms with E-state index in [1.807, 2.05) is 60.7 Å². The van der Waals surface area contributed by atoms with E-state index in [4.69, 9.17) is 14.3 Å². The molecular formula is C24H21Br2NO5. The first-order chi connectivity index (χ1) is 15.5. The van der Waals surface area contributed by atoms with Crippen LogP contribution in [0.15, 0.2) is 80.8 Å². The van der Waals surface area contributed by atoms with Gasteiger partial charge in [0.25, 0.3) is 0 Å². The summed E-state index contributed by atoms with van der Waals surface area (Å²) in [6, 6.07) is 20.9. The summed E-state index contributed by atoms with van der Waals surface area (Å²) in [5.74, 6) is -0.146. The van der Waals surface area contributed by atoms with Crippen molar-refractivity contribution in [2.75, 3.05) is 7.11 Å². The number of rotatable bonds is 10. The number of hydrogen-bond acceptors (Lipinski definition) is 5. The predicted molar refractivity (Wildman–Crippen MR) is 129 cm³/mol. The zero-order chi connectivity index (χ0) is 22.9. The first-order valence-corrected chi connectivity index (χ1v) is 11.3. The maximum atomic E-state index is 11.8. The molecule has 0 aliphatic rings. The van der Waals surface area contributed by atoms with Crippen LogP contribution in [0.2, 0.25) is 0 Å². The molecule has 0 aromatic heterocycles. The van der Waals surface area contributed by atoms with Crippen molar-refractivity contribution < 1.29 is 24.2 Å². The fraction of sp³-hybridized carbons (Fsp3) is 0.167. The first kappa shape index (κ1) is 23.8.